The Morgan fingerprint density at radius 3 is 2.69 bits per heavy atom. The summed E-state index contributed by atoms with van der Waals surface area (Å²) in [6, 6.07) is 3.15. The lowest BCUT2D eigenvalue weighted by atomic mass is 10.1. The average molecular weight is 328 g/mol. The van der Waals surface area contributed by atoms with Crippen LogP contribution in [-0.2, 0) is 0 Å². The minimum Gasteiger partial charge on any atom is -0.505 e. The number of phenolic OH excluding ortho intramolecular Hbond substituents is 1. The van der Waals surface area contributed by atoms with Crippen molar-refractivity contribution in [1.29, 1.82) is 0 Å². The van der Waals surface area contributed by atoms with Crippen LogP contribution in [0.3, 0.4) is 0 Å². The van der Waals surface area contributed by atoms with Gasteiger partial charge in [-0.25, -0.2) is 0 Å². The highest BCUT2D eigenvalue weighted by atomic mass is 79.9. The SMILES string of the molecule is O=C(CBr)c1ccc(Br)c(O)c1Cl. The number of Topliss-reactive ketones (excluding diaryl/α,β-unsaturated/α-hetero) is 1. The largest absolute Gasteiger partial charge is 0.505 e. The van der Waals surface area contributed by atoms with Gasteiger partial charge in [-0.2, -0.15) is 0 Å². The molecule has 0 radical (unpaired) electrons. The van der Waals surface area contributed by atoms with E-state index in [9.17, 15) is 9.90 Å². The number of hydrogen-bond donors (Lipinski definition) is 1. The minimum absolute atomic E-state index is 0.0822. The predicted molar refractivity (Wildman–Crippen MR) is 58.9 cm³/mol. The van der Waals surface area contributed by atoms with Crippen molar-refractivity contribution >= 4 is 49.2 Å². The molecule has 0 aliphatic heterocycles. The Hall–Kier alpha value is -0.0600. The summed E-state index contributed by atoms with van der Waals surface area (Å²) in [6.45, 7) is 0. The Bertz CT molecular complexity index is 352. The van der Waals surface area contributed by atoms with Crippen molar-refractivity contribution in [1.82, 2.24) is 0 Å². The van der Waals surface area contributed by atoms with Gasteiger partial charge < -0.3 is 5.11 Å². The van der Waals surface area contributed by atoms with Gasteiger partial charge in [-0.3, -0.25) is 4.79 Å². The van der Waals surface area contributed by atoms with Crippen LogP contribution in [0.15, 0.2) is 16.6 Å². The fourth-order valence-corrected chi connectivity index (χ4v) is 1.85. The Labute approximate surface area is 97.2 Å². The van der Waals surface area contributed by atoms with Crippen LogP contribution in [0.1, 0.15) is 10.4 Å². The molecule has 0 aliphatic carbocycles. The first kappa shape index (κ1) is 11.0. The smallest absolute Gasteiger partial charge is 0.175 e. The number of ketones is 1. The van der Waals surface area contributed by atoms with Gasteiger partial charge in [0.05, 0.1) is 14.8 Å². The number of alkyl halides is 1. The van der Waals surface area contributed by atoms with Crippen molar-refractivity contribution in [2.45, 2.75) is 0 Å². The van der Waals surface area contributed by atoms with Gasteiger partial charge in [0.1, 0.15) is 5.75 Å². The highest BCUT2D eigenvalue weighted by Gasteiger charge is 2.13. The number of carbonyl (C=O) groups excluding carboxylic acids is 1. The van der Waals surface area contributed by atoms with Crippen LogP contribution >= 0.6 is 43.5 Å². The standard InChI is InChI=1S/C8H5Br2ClO2/c9-3-6(12)4-1-2-5(10)8(13)7(4)11/h1-2,13H,3H2. The van der Waals surface area contributed by atoms with E-state index in [0.717, 1.165) is 0 Å². The van der Waals surface area contributed by atoms with Crippen molar-refractivity contribution in [2.24, 2.45) is 0 Å². The molecule has 13 heavy (non-hydrogen) atoms. The number of halogens is 3. The Morgan fingerprint density at radius 1 is 1.54 bits per heavy atom. The Kier molecular flexibility index (Phi) is 3.76. The number of carbonyl (C=O) groups is 1. The van der Waals surface area contributed by atoms with Crippen LogP contribution in [0.5, 0.6) is 5.75 Å². The first-order valence-corrected chi connectivity index (χ1v) is 5.63. The van der Waals surface area contributed by atoms with Crippen molar-refractivity contribution in [3.05, 3.63) is 27.2 Å². The van der Waals surface area contributed by atoms with E-state index < -0.39 is 0 Å². The third-order valence-electron chi connectivity index (χ3n) is 1.49. The van der Waals surface area contributed by atoms with Gasteiger partial charge in [-0.15, -0.1) is 0 Å². The fourth-order valence-electron chi connectivity index (χ4n) is 0.828. The van der Waals surface area contributed by atoms with Crippen LogP contribution in [0.25, 0.3) is 0 Å². The normalized spacial score (nSPS) is 10.1. The molecule has 0 aromatic heterocycles. The van der Waals surface area contributed by atoms with E-state index in [4.69, 9.17) is 11.6 Å². The molecular weight excluding hydrogens is 323 g/mol. The van der Waals surface area contributed by atoms with E-state index >= 15 is 0 Å². The molecule has 2 nitrogen and oxygen atoms in total. The van der Waals surface area contributed by atoms with Gasteiger partial charge in [-0.1, -0.05) is 27.5 Å². The molecule has 1 N–H and O–H groups in total. The lowest BCUT2D eigenvalue weighted by Gasteiger charge is -2.04. The Balaban J connectivity index is 3.26. The minimum atomic E-state index is -0.159. The predicted octanol–water partition coefficient (Wildman–Crippen LogP) is 3.39. The second-order valence-corrected chi connectivity index (χ2v) is 4.11. The zero-order valence-electron chi connectivity index (χ0n) is 6.35. The maximum absolute atomic E-state index is 11.2. The monoisotopic (exact) mass is 326 g/mol. The summed E-state index contributed by atoms with van der Waals surface area (Å²) in [4.78, 5) is 11.2. The molecule has 0 spiro atoms. The lowest BCUT2D eigenvalue weighted by molar-refractivity contribution is 0.102. The zero-order chi connectivity index (χ0) is 10.0. The van der Waals surface area contributed by atoms with E-state index in [1.165, 1.54) is 0 Å². The maximum Gasteiger partial charge on any atom is 0.175 e. The molecule has 1 rings (SSSR count). The molecule has 0 unspecified atom stereocenters. The molecule has 0 saturated carbocycles. The second-order valence-electron chi connectivity index (χ2n) is 2.31. The third-order valence-corrected chi connectivity index (χ3v) is 3.02. The number of aromatic hydroxyl groups is 1. The molecule has 0 amide bonds. The van der Waals surface area contributed by atoms with Gasteiger partial charge in [0.15, 0.2) is 5.78 Å². The molecule has 0 fully saturated rings. The molecule has 1 aromatic carbocycles. The highest BCUT2D eigenvalue weighted by Crippen LogP contribution is 2.34. The fraction of sp³-hybridized carbons (Fsp3) is 0.125. The number of rotatable bonds is 2. The quantitative estimate of drug-likeness (QED) is 0.667. The van der Waals surface area contributed by atoms with Gasteiger partial charge in [0.25, 0.3) is 0 Å². The number of benzene rings is 1. The van der Waals surface area contributed by atoms with Crippen molar-refractivity contribution in [3.63, 3.8) is 0 Å². The molecular formula is C8H5Br2ClO2. The van der Waals surface area contributed by atoms with Gasteiger partial charge in [0, 0.05) is 5.56 Å². The highest BCUT2D eigenvalue weighted by molar-refractivity contribution is 9.10. The summed E-state index contributed by atoms with van der Waals surface area (Å²) in [5.74, 6) is -0.263. The molecule has 70 valence electrons. The first-order valence-electron chi connectivity index (χ1n) is 3.34. The third kappa shape index (κ3) is 2.24. The summed E-state index contributed by atoms with van der Waals surface area (Å²) >= 11 is 11.9. The molecule has 1 aromatic rings. The van der Waals surface area contributed by atoms with Gasteiger partial charge >= 0.3 is 0 Å². The van der Waals surface area contributed by atoms with E-state index in [2.05, 4.69) is 31.9 Å². The summed E-state index contributed by atoms with van der Waals surface area (Å²) in [5.41, 5.74) is 0.319. The second kappa shape index (κ2) is 4.44. The van der Waals surface area contributed by atoms with Crippen molar-refractivity contribution in [2.75, 3.05) is 5.33 Å². The molecule has 0 aliphatic rings. The van der Waals surface area contributed by atoms with Gasteiger partial charge in [0.2, 0.25) is 0 Å². The first-order chi connectivity index (χ1) is 6.07. The van der Waals surface area contributed by atoms with E-state index in [0.29, 0.717) is 10.0 Å². The zero-order valence-corrected chi connectivity index (χ0v) is 10.3. The molecule has 0 atom stereocenters. The van der Waals surface area contributed by atoms with Gasteiger partial charge in [-0.05, 0) is 28.1 Å². The summed E-state index contributed by atoms with van der Waals surface area (Å²) in [5, 5.41) is 9.66. The van der Waals surface area contributed by atoms with E-state index in [-0.39, 0.29) is 21.9 Å². The van der Waals surface area contributed by atoms with Crippen LogP contribution in [0, 0.1) is 0 Å². The topological polar surface area (TPSA) is 37.3 Å². The average Bonchev–Trinajstić information content (AvgIpc) is 2.13. The van der Waals surface area contributed by atoms with Crippen molar-refractivity contribution in [3.8, 4) is 5.75 Å². The summed E-state index contributed by atoms with van der Waals surface area (Å²) in [6.07, 6.45) is 0. The number of hydrogen-bond acceptors (Lipinski definition) is 2. The maximum atomic E-state index is 11.2. The van der Waals surface area contributed by atoms with Crippen LogP contribution in [-0.4, -0.2) is 16.2 Å². The molecule has 0 heterocycles. The van der Waals surface area contributed by atoms with E-state index in [1.54, 1.807) is 12.1 Å². The number of phenols is 1. The van der Waals surface area contributed by atoms with Crippen LogP contribution in [0.4, 0.5) is 0 Å². The molecule has 5 heteroatoms. The summed E-state index contributed by atoms with van der Waals surface area (Å²) < 4.78 is 0.476. The molecule has 0 saturated heterocycles. The van der Waals surface area contributed by atoms with Crippen LogP contribution in [0.2, 0.25) is 5.02 Å². The van der Waals surface area contributed by atoms with E-state index in [1.807, 2.05) is 0 Å². The Morgan fingerprint density at radius 2 is 2.15 bits per heavy atom. The lowest BCUT2D eigenvalue weighted by Crippen LogP contribution is -2.00. The summed E-state index contributed by atoms with van der Waals surface area (Å²) in [7, 11) is 0. The van der Waals surface area contributed by atoms with Crippen LogP contribution < -0.4 is 0 Å². The molecule has 0 bridgehead atoms. The van der Waals surface area contributed by atoms with Crippen molar-refractivity contribution < 1.29 is 9.90 Å².